The highest BCUT2D eigenvalue weighted by molar-refractivity contribution is 5.94. The van der Waals surface area contributed by atoms with Gasteiger partial charge in [0.15, 0.2) is 0 Å². The van der Waals surface area contributed by atoms with Crippen LogP contribution < -0.4 is 5.32 Å². The first-order valence-electron chi connectivity index (χ1n) is 9.35. The summed E-state index contributed by atoms with van der Waals surface area (Å²) in [7, 11) is 0. The van der Waals surface area contributed by atoms with Crippen LogP contribution in [0.2, 0.25) is 0 Å². The Kier molecular flexibility index (Phi) is 4.89. The maximum atomic E-state index is 12.4. The SMILES string of the molecule is CC(C)n1nnc(-c2ccc(C(=O)NCCc3c[nH]c4ccccc34)cc2)n1. The van der Waals surface area contributed by atoms with Crippen molar-refractivity contribution in [2.24, 2.45) is 0 Å². The Morgan fingerprint density at radius 3 is 2.68 bits per heavy atom. The second-order valence-corrected chi connectivity index (χ2v) is 6.97. The predicted octanol–water partition coefficient (Wildman–Crippen LogP) is 3.37. The summed E-state index contributed by atoms with van der Waals surface area (Å²) in [5, 5.41) is 16.6. The van der Waals surface area contributed by atoms with E-state index in [0.29, 0.717) is 17.9 Å². The van der Waals surface area contributed by atoms with E-state index in [0.717, 1.165) is 17.5 Å². The summed E-state index contributed by atoms with van der Waals surface area (Å²) in [6, 6.07) is 15.6. The lowest BCUT2D eigenvalue weighted by molar-refractivity contribution is 0.0954. The number of hydrogen-bond acceptors (Lipinski definition) is 4. The largest absolute Gasteiger partial charge is 0.361 e. The second kappa shape index (κ2) is 7.64. The average molecular weight is 374 g/mol. The second-order valence-electron chi connectivity index (χ2n) is 6.97. The first-order valence-corrected chi connectivity index (χ1v) is 9.35. The van der Waals surface area contributed by atoms with E-state index in [1.165, 1.54) is 10.9 Å². The fraction of sp³-hybridized carbons (Fsp3) is 0.238. The summed E-state index contributed by atoms with van der Waals surface area (Å²) in [6.45, 7) is 4.57. The zero-order valence-corrected chi connectivity index (χ0v) is 15.9. The number of H-pyrrole nitrogens is 1. The Balaban J connectivity index is 1.37. The lowest BCUT2D eigenvalue weighted by atomic mass is 10.1. The third-order valence-electron chi connectivity index (χ3n) is 4.65. The fourth-order valence-corrected chi connectivity index (χ4v) is 3.08. The summed E-state index contributed by atoms with van der Waals surface area (Å²) >= 11 is 0. The van der Waals surface area contributed by atoms with E-state index in [2.05, 4.69) is 31.8 Å². The minimum atomic E-state index is -0.0924. The molecule has 7 heteroatoms. The summed E-state index contributed by atoms with van der Waals surface area (Å²) < 4.78 is 0. The van der Waals surface area contributed by atoms with Gasteiger partial charge in [-0.1, -0.05) is 30.3 Å². The van der Waals surface area contributed by atoms with Crippen molar-refractivity contribution in [1.82, 2.24) is 30.5 Å². The molecule has 0 spiro atoms. The molecule has 1 amide bonds. The lowest BCUT2D eigenvalue weighted by Gasteiger charge is -2.05. The molecular weight excluding hydrogens is 352 g/mol. The third-order valence-corrected chi connectivity index (χ3v) is 4.65. The molecule has 2 aromatic heterocycles. The number of rotatable bonds is 6. The molecule has 4 rings (SSSR count). The Morgan fingerprint density at radius 1 is 1.14 bits per heavy atom. The van der Waals surface area contributed by atoms with Crippen LogP contribution >= 0.6 is 0 Å². The summed E-state index contributed by atoms with van der Waals surface area (Å²) in [5.74, 6) is 0.463. The smallest absolute Gasteiger partial charge is 0.251 e. The van der Waals surface area contributed by atoms with Crippen molar-refractivity contribution in [2.75, 3.05) is 6.54 Å². The summed E-state index contributed by atoms with van der Waals surface area (Å²) in [6.07, 6.45) is 2.78. The van der Waals surface area contributed by atoms with Gasteiger partial charge in [0, 0.05) is 34.8 Å². The van der Waals surface area contributed by atoms with Crippen LogP contribution in [0.3, 0.4) is 0 Å². The minimum absolute atomic E-state index is 0.0924. The molecule has 0 aliphatic carbocycles. The van der Waals surface area contributed by atoms with Gasteiger partial charge >= 0.3 is 0 Å². The molecule has 0 fully saturated rings. The Hall–Kier alpha value is -3.48. The van der Waals surface area contributed by atoms with E-state index in [-0.39, 0.29) is 11.9 Å². The first kappa shape index (κ1) is 17.9. The number of fused-ring (bicyclic) bond motifs is 1. The maximum absolute atomic E-state index is 12.4. The number of carbonyl (C=O) groups is 1. The minimum Gasteiger partial charge on any atom is -0.361 e. The van der Waals surface area contributed by atoms with Gasteiger partial charge in [0.25, 0.3) is 5.91 Å². The molecule has 0 unspecified atom stereocenters. The quantitative estimate of drug-likeness (QED) is 0.541. The van der Waals surface area contributed by atoms with Crippen LogP contribution in [0.15, 0.2) is 54.7 Å². The van der Waals surface area contributed by atoms with Gasteiger partial charge < -0.3 is 10.3 Å². The van der Waals surface area contributed by atoms with Crippen LogP contribution in [0.1, 0.15) is 35.8 Å². The molecule has 142 valence electrons. The van der Waals surface area contributed by atoms with Crippen molar-refractivity contribution < 1.29 is 4.79 Å². The molecule has 0 radical (unpaired) electrons. The zero-order chi connectivity index (χ0) is 19.5. The number of tetrazole rings is 1. The van der Waals surface area contributed by atoms with Crippen LogP contribution in [-0.2, 0) is 6.42 Å². The highest BCUT2D eigenvalue weighted by Gasteiger charge is 2.10. The number of aromatic nitrogens is 5. The molecule has 2 heterocycles. The zero-order valence-electron chi connectivity index (χ0n) is 15.9. The van der Waals surface area contributed by atoms with Crippen LogP contribution in [0.5, 0.6) is 0 Å². The molecule has 4 aromatic rings. The van der Waals surface area contributed by atoms with Crippen molar-refractivity contribution in [2.45, 2.75) is 26.3 Å². The standard InChI is InChI=1S/C21H22N6O/c1-14(2)27-25-20(24-26-27)15-7-9-16(10-8-15)21(28)22-12-11-17-13-23-19-6-4-3-5-18(17)19/h3-10,13-14,23H,11-12H2,1-2H3,(H,22,28). The molecule has 0 saturated carbocycles. The van der Waals surface area contributed by atoms with Crippen molar-refractivity contribution in [1.29, 1.82) is 0 Å². The summed E-state index contributed by atoms with van der Waals surface area (Å²) in [4.78, 5) is 17.2. The summed E-state index contributed by atoms with van der Waals surface area (Å²) in [5.41, 5.74) is 3.76. The number of hydrogen-bond donors (Lipinski definition) is 2. The molecule has 0 bridgehead atoms. The van der Waals surface area contributed by atoms with Crippen LogP contribution in [0.4, 0.5) is 0 Å². The third kappa shape index (κ3) is 3.64. The van der Waals surface area contributed by atoms with E-state index in [1.807, 2.05) is 50.4 Å². The number of aromatic amines is 1. The average Bonchev–Trinajstić information content (AvgIpc) is 3.36. The number of amides is 1. The van der Waals surface area contributed by atoms with Gasteiger partial charge in [-0.25, -0.2) is 0 Å². The Labute approximate surface area is 162 Å². The molecule has 2 aromatic carbocycles. The molecule has 0 aliphatic heterocycles. The molecular formula is C21H22N6O. The number of carbonyl (C=O) groups excluding carboxylic acids is 1. The van der Waals surface area contributed by atoms with Crippen molar-refractivity contribution in [3.8, 4) is 11.4 Å². The lowest BCUT2D eigenvalue weighted by Crippen LogP contribution is -2.25. The number of nitrogens with one attached hydrogen (secondary N) is 2. The molecule has 7 nitrogen and oxygen atoms in total. The Morgan fingerprint density at radius 2 is 1.93 bits per heavy atom. The predicted molar refractivity (Wildman–Crippen MR) is 108 cm³/mol. The fourth-order valence-electron chi connectivity index (χ4n) is 3.08. The van der Waals surface area contributed by atoms with E-state index < -0.39 is 0 Å². The van der Waals surface area contributed by atoms with E-state index in [1.54, 1.807) is 16.9 Å². The van der Waals surface area contributed by atoms with E-state index in [4.69, 9.17) is 0 Å². The van der Waals surface area contributed by atoms with Gasteiger partial charge in [0.2, 0.25) is 5.82 Å². The highest BCUT2D eigenvalue weighted by Crippen LogP contribution is 2.18. The van der Waals surface area contributed by atoms with Gasteiger partial charge in [-0.2, -0.15) is 4.80 Å². The molecule has 28 heavy (non-hydrogen) atoms. The molecule has 0 aliphatic rings. The van der Waals surface area contributed by atoms with Gasteiger partial charge in [0.1, 0.15) is 0 Å². The van der Waals surface area contributed by atoms with Crippen LogP contribution in [0.25, 0.3) is 22.3 Å². The van der Waals surface area contributed by atoms with Crippen molar-refractivity contribution >= 4 is 16.8 Å². The van der Waals surface area contributed by atoms with Crippen molar-refractivity contribution in [3.05, 3.63) is 65.9 Å². The first-order chi connectivity index (χ1) is 13.6. The number of nitrogens with zero attached hydrogens (tertiary/aromatic N) is 4. The van der Waals surface area contributed by atoms with Gasteiger partial charge in [-0.05, 0) is 49.2 Å². The Bertz CT molecular complexity index is 1090. The van der Waals surface area contributed by atoms with Gasteiger partial charge in [0.05, 0.1) is 6.04 Å². The van der Waals surface area contributed by atoms with Crippen molar-refractivity contribution in [3.63, 3.8) is 0 Å². The van der Waals surface area contributed by atoms with E-state index in [9.17, 15) is 4.79 Å². The number of para-hydroxylation sites is 1. The number of benzene rings is 2. The topological polar surface area (TPSA) is 88.5 Å². The molecule has 0 atom stereocenters. The van der Waals surface area contributed by atoms with Crippen LogP contribution in [0, 0.1) is 0 Å². The molecule has 2 N–H and O–H groups in total. The van der Waals surface area contributed by atoms with E-state index >= 15 is 0 Å². The van der Waals surface area contributed by atoms with Gasteiger partial charge in [-0.3, -0.25) is 4.79 Å². The monoisotopic (exact) mass is 374 g/mol. The van der Waals surface area contributed by atoms with Crippen LogP contribution in [-0.4, -0.2) is 37.6 Å². The molecule has 0 saturated heterocycles. The van der Waals surface area contributed by atoms with Gasteiger partial charge in [-0.15, -0.1) is 10.2 Å². The normalized spacial score (nSPS) is 11.2. The maximum Gasteiger partial charge on any atom is 0.251 e. The highest BCUT2D eigenvalue weighted by atomic mass is 16.1.